The Bertz CT molecular complexity index is 741. The molecule has 1 fully saturated rings. The first-order chi connectivity index (χ1) is 11.7. The third-order valence-corrected chi connectivity index (χ3v) is 4.87. The van der Waals surface area contributed by atoms with Crippen LogP contribution in [0.5, 0.6) is 5.75 Å². The number of nitrogens with one attached hydrogen (secondary N) is 2. The molecule has 0 unspecified atom stereocenters. The van der Waals surface area contributed by atoms with Gasteiger partial charge >= 0.3 is 13.1 Å². The number of hydrogen-bond acceptors (Lipinski definition) is 4. The fraction of sp³-hybridized carbons (Fsp3) is 0.412. The van der Waals surface area contributed by atoms with E-state index in [1.807, 2.05) is 6.92 Å². The molecule has 2 heterocycles. The first kappa shape index (κ1) is 15.3. The van der Waals surface area contributed by atoms with Gasteiger partial charge in [0, 0.05) is 30.1 Å². The first-order valence-electron chi connectivity index (χ1n) is 8.45. The molecule has 0 atom stereocenters. The van der Waals surface area contributed by atoms with Crippen molar-refractivity contribution in [2.24, 2.45) is 5.92 Å². The predicted molar refractivity (Wildman–Crippen MR) is 92.3 cm³/mol. The van der Waals surface area contributed by atoms with Crippen LogP contribution in [0.4, 0.5) is 4.79 Å². The van der Waals surface area contributed by atoms with Gasteiger partial charge in [0.25, 0.3) is 0 Å². The Balaban J connectivity index is 1.54. The number of urea groups is 1. The largest absolute Gasteiger partial charge is 0.552 e. The molecule has 1 aliphatic heterocycles. The summed E-state index contributed by atoms with van der Waals surface area (Å²) in [4.78, 5) is 16.0. The highest BCUT2D eigenvalue weighted by molar-refractivity contribution is 6.52. The van der Waals surface area contributed by atoms with Crippen LogP contribution in [0, 0.1) is 5.92 Å². The molecule has 3 aliphatic rings. The quantitative estimate of drug-likeness (QED) is 0.736. The number of allylic oxidation sites excluding steroid dienone is 2. The van der Waals surface area contributed by atoms with Crippen LogP contribution in [0.1, 0.15) is 36.6 Å². The van der Waals surface area contributed by atoms with Gasteiger partial charge in [0.1, 0.15) is 5.75 Å². The summed E-state index contributed by atoms with van der Waals surface area (Å²) in [5.41, 5.74) is 4.32. The zero-order valence-electron chi connectivity index (χ0n) is 13.6. The Labute approximate surface area is 141 Å². The number of pyridine rings is 1. The highest BCUT2D eigenvalue weighted by Crippen LogP contribution is 2.46. The zero-order chi connectivity index (χ0) is 16.7. The number of aromatic nitrogens is 1. The minimum atomic E-state index is -0.937. The first-order valence-corrected chi connectivity index (χ1v) is 8.45. The van der Waals surface area contributed by atoms with E-state index in [-0.39, 0.29) is 12.1 Å². The van der Waals surface area contributed by atoms with Crippen molar-refractivity contribution in [3.05, 3.63) is 35.1 Å². The normalized spacial score (nSPS) is 23.6. The van der Waals surface area contributed by atoms with Gasteiger partial charge in [-0.15, -0.1) is 0 Å². The average molecular weight is 325 g/mol. The van der Waals surface area contributed by atoms with Crippen LogP contribution in [0.3, 0.4) is 0 Å². The second-order valence-corrected chi connectivity index (χ2v) is 6.46. The van der Waals surface area contributed by atoms with Gasteiger partial charge in [-0.05, 0) is 37.2 Å². The molecule has 3 N–H and O–H groups in total. The van der Waals surface area contributed by atoms with Crippen LogP contribution in [-0.2, 0) is 6.42 Å². The van der Waals surface area contributed by atoms with Crippen molar-refractivity contribution in [3.8, 4) is 5.75 Å². The molecule has 1 saturated carbocycles. The Morgan fingerprint density at radius 1 is 1.50 bits per heavy atom. The van der Waals surface area contributed by atoms with E-state index in [1.54, 1.807) is 12.2 Å². The van der Waals surface area contributed by atoms with Crippen molar-refractivity contribution < 1.29 is 14.5 Å². The van der Waals surface area contributed by atoms with E-state index in [1.165, 1.54) is 0 Å². The molecule has 7 heteroatoms. The number of carbonyl (C=O) groups excluding carboxylic acids is 1. The number of amides is 2. The number of rotatable bonds is 3. The summed E-state index contributed by atoms with van der Waals surface area (Å²) in [6.07, 6.45) is 8.47. The summed E-state index contributed by atoms with van der Waals surface area (Å²) in [6, 6.07) is 0.0617. The average Bonchev–Trinajstić information content (AvgIpc) is 2.98. The maximum atomic E-state index is 11.6. The minimum Gasteiger partial charge on any atom is -0.531 e. The molecule has 1 aromatic heterocycles. The number of fused-ring (bicyclic) bond motifs is 3. The number of carbonyl (C=O) groups is 1. The lowest BCUT2D eigenvalue weighted by Gasteiger charge is -2.39. The lowest BCUT2D eigenvalue weighted by atomic mass is 9.68. The topological polar surface area (TPSA) is 83.5 Å². The second kappa shape index (κ2) is 5.98. The van der Waals surface area contributed by atoms with Crippen LogP contribution < -0.4 is 15.3 Å². The Morgan fingerprint density at radius 3 is 3.12 bits per heavy atom. The lowest BCUT2D eigenvalue weighted by Crippen LogP contribution is -2.48. The van der Waals surface area contributed by atoms with Gasteiger partial charge in [0.15, 0.2) is 0 Å². The molecule has 2 aliphatic carbocycles. The summed E-state index contributed by atoms with van der Waals surface area (Å²) in [5.74, 6) is 2.75. The van der Waals surface area contributed by atoms with Gasteiger partial charge in [-0.1, -0.05) is 12.2 Å². The van der Waals surface area contributed by atoms with Crippen LogP contribution in [0.2, 0.25) is 0 Å². The van der Waals surface area contributed by atoms with Crippen molar-refractivity contribution in [1.29, 1.82) is 0 Å². The van der Waals surface area contributed by atoms with E-state index in [0.29, 0.717) is 18.2 Å². The summed E-state index contributed by atoms with van der Waals surface area (Å²) in [7, 11) is -0.937. The molecule has 1 aromatic rings. The van der Waals surface area contributed by atoms with Crippen molar-refractivity contribution in [2.75, 3.05) is 6.54 Å². The molecule has 0 saturated heterocycles. The number of hydrogen-bond donors (Lipinski definition) is 3. The SMILES string of the molecule is CCNC(=O)NC1CC(C2=CB(O)Oc3cnc4c(c32)C=CC4)C1. The lowest BCUT2D eigenvalue weighted by molar-refractivity contribution is 0.220. The minimum absolute atomic E-state index is 0.115. The van der Waals surface area contributed by atoms with E-state index in [9.17, 15) is 9.82 Å². The fourth-order valence-corrected chi connectivity index (χ4v) is 3.69. The monoisotopic (exact) mass is 325 g/mol. The fourth-order valence-electron chi connectivity index (χ4n) is 3.69. The maximum Gasteiger partial charge on any atom is 0.552 e. The van der Waals surface area contributed by atoms with Crippen LogP contribution in [0.15, 0.2) is 18.2 Å². The third kappa shape index (κ3) is 2.58. The van der Waals surface area contributed by atoms with E-state index in [4.69, 9.17) is 4.65 Å². The van der Waals surface area contributed by atoms with Gasteiger partial charge in [0.2, 0.25) is 0 Å². The second-order valence-electron chi connectivity index (χ2n) is 6.46. The van der Waals surface area contributed by atoms with E-state index in [0.717, 1.165) is 41.7 Å². The van der Waals surface area contributed by atoms with E-state index >= 15 is 0 Å². The molecule has 124 valence electrons. The Hall–Kier alpha value is -2.28. The van der Waals surface area contributed by atoms with Crippen molar-refractivity contribution in [1.82, 2.24) is 15.6 Å². The molecule has 0 bridgehead atoms. The van der Waals surface area contributed by atoms with Crippen molar-refractivity contribution in [2.45, 2.75) is 32.2 Å². The molecular weight excluding hydrogens is 305 g/mol. The van der Waals surface area contributed by atoms with Gasteiger partial charge in [-0.25, -0.2) is 4.79 Å². The molecular formula is C17H20BN3O3. The van der Waals surface area contributed by atoms with Gasteiger partial charge in [0.05, 0.1) is 11.9 Å². The predicted octanol–water partition coefficient (Wildman–Crippen LogP) is 1.54. The molecule has 0 radical (unpaired) electrons. The van der Waals surface area contributed by atoms with E-state index in [2.05, 4.69) is 27.8 Å². The molecule has 4 rings (SSSR count). The van der Waals surface area contributed by atoms with Gasteiger partial charge < -0.3 is 20.3 Å². The maximum absolute atomic E-state index is 11.6. The van der Waals surface area contributed by atoms with E-state index < -0.39 is 7.12 Å². The summed E-state index contributed by atoms with van der Waals surface area (Å²) >= 11 is 0. The van der Waals surface area contributed by atoms with Gasteiger partial charge in [-0.2, -0.15) is 0 Å². The molecule has 2 amide bonds. The summed E-state index contributed by atoms with van der Waals surface area (Å²) in [5, 5.41) is 15.7. The third-order valence-electron chi connectivity index (χ3n) is 4.87. The highest BCUT2D eigenvalue weighted by atomic mass is 16.5. The van der Waals surface area contributed by atoms with Crippen molar-refractivity contribution >= 4 is 24.8 Å². The summed E-state index contributed by atoms with van der Waals surface area (Å²) in [6.45, 7) is 2.52. The molecule has 24 heavy (non-hydrogen) atoms. The molecule has 0 spiro atoms. The van der Waals surface area contributed by atoms with Crippen molar-refractivity contribution in [3.63, 3.8) is 0 Å². The van der Waals surface area contributed by atoms with Gasteiger partial charge in [-0.3, -0.25) is 4.98 Å². The summed E-state index contributed by atoms with van der Waals surface area (Å²) < 4.78 is 5.53. The highest BCUT2D eigenvalue weighted by Gasteiger charge is 2.38. The molecule has 0 aromatic carbocycles. The molecule has 6 nitrogen and oxygen atoms in total. The Morgan fingerprint density at radius 2 is 2.33 bits per heavy atom. The Kier molecular flexibility index (Phi) is 3.80. The zero-order valence-corrected chi connectivity index (χ0v) is 13.6. The smallest absolute Gasteiger partial charge is 0.531 e. The van der Waals surface area contributed by atoms with Crippen LogP contribution in [0.25, 0.3) is 11.6 Å². The van der Waals surface area contributed by atoms with Crippen LogP contribution >= 0.6 is 0 Å². The van der Waals surface area contributed by atoms with Crippen LogP contribution in [-0.4, -0.2) is 35.7 Å². The number of nitrogens with zero attached hydrogens (tertiary/aromatic N) is 1. The standard InChI is InChI=1S/C17H20BN3O3/c1-2-19-17(22)21-11-6-10(7-11)13-8-18(23)24-15-9-20-14-5-3-4-12(14)16(13)15/h3-4,8-11,23H,2,5-7H2,1H3,(H2,19,21,22).